The standard InChI is InChI=1S/C23H27NO9S/c1-28-15-11-19(30-3)17(20(12-15)31-4)7-8-23(25)24-34(26,27)10-9-18-21(32-5)13-16(29-2)14-22(18)33-6/h7-14H,1-6H3,(H,24,25)/b8-7+,10-9+. The summed E-state index contributed by atoms with van der Waals surface area (Å²) in [6.45, 7) is 0. The maximum Gasteiger partial charge on any atom is 0.257 e. The van der Waals surface area contributed by atoms with E-state index in [1.807, 2.05) is 4.72 Å². The summed E-state index contributed by atoms with van der Waals surface area (Å²) in [4.78, 5) is 12.3. The average Bonchev–Trinajstić information content (AvgIpc) is 2.84. The molecule has 184 valence electrons. The summed E-state index contributed by atoms with van der Waals surface area (Å²) in [6.07, 6.45) is 3.68. The van der Waals surface area contributed by atoms with Crippen LogP contribution in [0.15, 0.2) is 35.7 Å². The van der Waals surface area contributed by atoms with Crippen molar-refractivity contribution >= 4 is 28.1 Å². The Morgan fingerprint density at radius 2 is 1.06 bits per heavy atom. The predicted octanol–water partition coefficient (Wildman–Crippen LogP) is 2.87. The predicted molar refractivity (Wildman–Crippen MR) is 127 cm³/mol. The smallest absolute Gasteiger partial charge is 0.257 e. The fourth-order valence-electron chi connectivity index (χ4n) is 2.92. The molecule has 0 saturated carbocycles. The first kappa shape index (κ1) is 26.4. The lowest BCUT2D eigenvalue weighted by Gasteiger charge is -2.12. The molecule has 0 atom stereocenters. The van der Waals surface area contributed by atoms with E-state index < -0.39 is 15.9 Å². The number of amides is 1. The normalized spacial score (nSPS) is 11.4. The molecule has 0 fully saturated rings. The number of sulfonamides is 1. The van der Waals surface area contributed by atoms with E-state index in [1.165, 1.54) is 54.8 Å². The molecular formula is C23H27NO9S. The number of rotatable bonds is 11. The summed E-state index contributed by atoms with van der Waals surface area (Å²) < 4.78 is 58.4. The van der Waals surface area contributed by atoms with Crippen molar-refractivity contribution < 1.29 is 41.6 Å². The zero-order valence-corrected chi connectivity index (χ0v) is 20.5. The summed E-state index contributed by atoms with van der Waals surface area (Å²) in [7, 11) is 4.57. The lowest BCUT2D eigenvalue weighted by molar-refractivity contribution is -0.114. The van der Waals surface area contributed by atoms with E-state index >= 15 is 0 Å². The van der Waals surface area contributed by atoms with Gasteiger partial charge in [-0.1, -0.05) is 0 Å². The van der Waals surface area contributed by atoms with Gasteiger partial charge in [-0.3, -0.25) is 4.79 Å². The van der Waals surface area contributed by atoms with Crippen LogP contribution in [0.5, 0.6) is 34.5 Å². The highest BCUT2D eigenvalue weighted by atomic mass is 32.2. The van der Waals surface area contributed by atoms with E-state index in [4.69, 9.17) is 28.4 Å². The average molecular weight is 494 g/mol. The number of carbonyl (C=O) groups excluding carboxylic acids is 1. The van der Waals surface area contributed by atoms with Crippen LogP contribution in [-0.2, 0) is 14.8 Å². The van der Waals surface area contributed by atoms with Gasteiger partial charge in [0.05, 0.1) is 59.2 Å². The van der Waals surface area contributed by atoms with Crippen LogP contribution in [0.2, 0.25) is 0 Å². The maximum atomic E-state index is 12.5. The fraction of sp³-hybridized carbons (Fsp3) is 0.261. The minimum Gasteiger partial charge on any atom is -0.496 e. The van der Waals surface area contributed by atoms with Gasteiger partial charge >= 0.3 is 0 Å². The summed E-state index contributed by atoms with van der Waals surface area (Å²) in [5.74, 6) is 1.49. The molecule has 11 heteroatoms. The number of benzene rings is 2. The third-order valence-corrected chi connectivity index (χ3v) is 5.54. The molecule has 34 heavy (non-hydrogen) atoms. The van der Waals surface area contributed by atoms with Crippen molar-refractivity contribution in [1.29, 1.82) is 0 Å². The van der Waals surface area contributed by atoms with Gasteiger partial charge in [0.15, 0.2) is 0 Å². The van der Waals surface area contributed by atoms with Crippen LogP contribution < -0.4 is 33.1 Å². The molecule has 0 radical (unpaired) electrons. The summed E-state index contributed by atoms with van der Waals surface area (Å²) in [5, 5.41) is 0.833. The maximum absolute atomic E-state index is 12.5. The molecule has 10 nitrogen and oxygen atoms in total. The van der Waals surface area contributed by atoms with E-state index in [1.54, 1.807) is 24.3 Å². The molecule has 0 aliphatic carbocycles. The monoisotopic (exact) mass is 493 g/mol. The molecule has 0 unspecified atom stereocenters. The Labute approximate surface area is 198 Å². The van der Waals surface area contributed by atoms with Crippen molar-refractivity contribution in [3.05, 3.63) is 46.9 Å². The van der Waals surface area contributed by atoms with Crippen molar-refractivity contribution in [2.75, 3.05) is 42.7 Å². The third-order valence-electron chi connectivity index (χ3n) is 4.56. The van der Waals surface area contributed by atoms with Gasteiger partial charge in [0.25, 0.3) is 15.9 Å². The van der Waals surface area contributed by atoms with Crippen molar-refractivity contribution in [1.82, 2.24) is 4.72 Å². The summed E-state index contributed by atoms with van der Waals surface area (Å²) in [5.41, 5.74) is 0.786. The van der Waals surface area contributed by atoms with Gasteiger partial charge in [-0.2, -0.15) is 0 Å². The second kappa shape index (κ2) is 11.8. The van der Waals surface area contributed by atoms with Crippen molar-refractivity contribution in [2.45, 2.75) is 0 Å². The van der Waals surface area contributed by atoms with Crippen LogP contribution in [0.3, 0.4) is 0 Å². The van der Waals surface area contributed by atoms with Crippen LogP contribution in [0.25, 0.3) is 12.2 Å². The second-order valence-corrected chi connectivity index (χ2v) is 8.10. The summed E-state index contributed by atoms with van der Waals surface area (Å²) >= 11 is 0. The molecule has 0 aromatic heterocycles. The molecule has 2 aromatic rings. The Hall–Kier alpha value is -3.86. The van der Waals surface area contributed by atoms with E-state index in [9.17, 15) is 13.2 Å². The van der Waals surface area contributed by atoms with E-state index in [0.29, 0.717) is 45.6 Å². The molecule has 1 amide bonds. The van der Waals surface area contributed by atoms with Crippen LogP contribution in [-0.4, -0.2) is 57.0 Å². The first-order valence-electron chi connectivity index (χ1n) is 9.74. The highest BCUT2D eigenvalue weighted by molar-refractivity contribution is 7.93. The number of methoxy groups -OCH3 is 6. The Morgan fingerprint density at radius 1 is 0.676 bits per heavy atom. The number of hydrogen-bond donors (Lipinski definition) is 1. The first-order chi connectivity index (χ1) is 16.2. The van der Waals surface area contributed by atoms with Crippen molar-refractivity contribution in [2.24, 2.45) is 0 Å². The van der Waals surface area contributed by atoms with Gasteiger partial charge in [0.2, 0.25) is 0 Å². The molecule has 2 aromatic carbocycles. The third kappa shape index (κ3) is 6.58. The highest BCUT2D eigenvalue weighted by Crippen LogP contribution is 2.36. The zero-order chi connectivity index (χ0) is 25.3. The van der Waals surface area contributed by atoms with Gasteiger partial charge < -0.3 is 28.4 Å². The van der Waals surface area contributed by atoms with Gasteiger partial charge in [-0.25, -0.2) is 13.1 Å². The van der Waals surface area contributed by atoms with Crippen LogP contribution in [0.4, 0.5) is 0 Å². The van der Waals surface area contributed by atoms with E-state index in [0.717, 1.165) is 11.5 Å². The lowest BCUT2D eigenvalue weighted by Crippen LogP contribution is -2.26. The van der Waals surface area contributed by atoms with Crippen molar-refractivity contribution in [3.63, 3.8) is 0 Å². The van der Waals surface area contributed by atoms with Crippen LogP contribution in [0.1, 0.15) is 11.1 Å². The second-order valence-electron chi connectivity index (χ2n) is 6.54. The Morgan fingerprint density at radius 3 is 1.41 bits per heavy atom. The van der Waals surface area contributed by atoms with Crippen LogP contribution >= 0.6 is 0 Å². The minimum atomic E-state index is -4.15. The topological polar surface area (TPSA) is 119 Å². The Kier molecular flexibility index (Phi) is 9.19. The lowest BCUT2D eigenvalue weighted by atomic mass is 10.1. The van der Waals surface area contributed by atoms with Crippen molar-refractivity contribution in [3.8, 4) is 34.5 Å². The fourth-order valence-corrected chi connectivity index (χ4v) is 3.65. The van der Waals surface area contributed by atoms with Gasteiger partial charge in [-0.05, 0) is 12.2 Å². The van der Waals surface area contributed by atoms with Gasteiger partial charge in [0, 0.05) is 30.3 Å². The Balaban J connectivity index is 2.27. The van der Waals surface area contributed by atoms with E-state index in [-0.39, 0.29) is 0 Å². The largest absolute Gasteiger partial charge is 0.496 e. The quantitative estimate of drug-likeness (QED) is 0.471. The molecule has 0 heterocycles. The molecule has 0 aliphatic heterocycles. The van der Waals surface area contributed by atoms with Gasteiger partial charge in [0.1, 0.15) is 34.5 Å². The van der Waals surface area contributed by atoms with Gasteiger partial charge in [-0.15, -0.1) is 0 Å². The van der Waals surface area contributed by atoms with E-state index in [2.05, 4.69) is 0 Å². The molecular weight excluding hydrogens is 466 g/mol. The first-order valence-corrected chi connectivity index (χ1v) is 11.3. The SMILES string of the molecule is COc1cc(OC)c(/C=C/C(=O)NS(=O)(=O)/C=C/c2c(OC)cc(OC)cc2OC)c(OC)c1. The minimum absolute atomic E-state index is 0.326. The Bertz CT molecular complexity index is 1140. The number of hydrogen-bond acceptors (Lipinski definition) is 9. The highest BCUT2D eigenvalue weighted by Gasteiger charge is 2.15. The van der Waals surface area contributed by atoms with Crippen LogP contribution in [0, 0.1) is 0 Å². The molecule has 0 saturated heterocycles. The summed E-state index contributed by atoms with van der Waals surface area (Å²) in [6, 6.07) is 6.36. The number of ether oxygens (including phenoxy) is 6. The number of nitrogens with one attached hydrogen (secondary N) is 1. The zero-order valence-electron chi connectivity index (χ0n) is 19.7. The molecule has 2 rings (SSSR count). The molecule has 0 aliphatic rings. The molecule has 0 bridgehead atoms. The molecule has 0 spiro atoms. The molecule has 1 N–H and O–H groups in total. The number of carbonyl (C=O) groups is 1.